The van der Waals surface area contributed by atoms with E-state index in [1.165, 1.54) is 31.2 Å². The standard InChI is InChI=1S/C17H25N/c1-3-18-17(16-11-12(16)2)15-9-7-14(8-10-15)13-5-4-6-13/h7-10,12-13,16-18H,3-6,11H2,1-2H3. The fourth-order valence-electron chi connectivity index (χ4n) is 3.27. The Morgan fingerprint density at radius 1 is 1.22 bits per heavy atom. The zero-order chi connectivity index (χ0) is 12.5. The van der Waals surface area contributed by atoms with Crippen molar-refractivity contribution >= 4 is 0 Å². The Morgan fingerprint density at radius 2 is 1.89 bits per heavy atom. The normalized spacial score (nSPS) is 28.8. The molecule has 2 aliphatic carbocycles. The van der Waals surface area contributed by atoms with Crippen LogP contribution in [0.1, 0.15) is 62.6 Å². The number of rotatable bonds is 5. The summed E-state index contributed by atoms with van der Waals surface area (Å²) >= 11 is 0. The Labute approximate surface area is 111 Å². The van der Waals surface area contributed by atoms with E-state index in [1.54, 1.807) is 5.56 Å². The lowest BCUT2D eigenvalue weighted by Crippen LogP contribution is -2.23. The van der Waals surface area contributed by atoms with E-state index in [-0.39, 0.29) is 0 Å². The molecule has 2 saturated carbocycles. The summed E-state index contributed by atoms with van der Waals surface area (Å²) in [4.78, 5) is 0. The summed E-state index contributed by atoms with van der Waals surface area (Å²) in [7, 11) is 0. The minimum atomic E-state index is 0.584. The Balaban J connectivity index is 1.73. The first-order valence-electron chi connectivity index (χ1n) is 7.63. The molecule has 2 fully saturated rings. The van der Waals surface area contributed by atoms with Crippen molar-refractivity contribution in [2.75, 3.05) is 6.54 Å². The van der Waals surface area contributed by atoms with Crippen molar-refractivity contribution in [3.63, 3.8) is 0 Å². The smallest absolute Gasteiger partial charge is 0.0351 e. The van der Waals surface area contributed by atoms with Gasteiger partial charge in [0, 0.05) is 6.04 Å². The van der Waals surface area contributed by atoms with Gasteiger partial charge < -0.3 is 5.32 Å². The van der Waals surface area contributed by atoms with Crippen molar-refractivity contribution in [3.05, 3.63) is 35.4 Å². The quantitative estimate of drug-likeness (QED) is 0.814. The van der Waals surface area contributed by atoms with Gasteiger partial charge in [0.25, 0.3) is 0 Å². The van der Waals surface area contributed by atoms with E-state index in [9.17, 15) is 0 Å². The first kappa shape index (κ1) is 12.2. The molecule has 18 heavy (non-hydrogen) atoms. The molecule has 0 spiro atoms. The van der Waals surface area contributed by atoms with Crippen molar-refractivity contribution in [2.45, 2.75) is 51.5 Å². The molecule has 98 valence electrons. The molecule has 0 aromatic heterocycles. The van der Waals surface area contributed by atoms with Crippen LogP contribution < -0.4 is 5.32 Å². The summed E-state index contributed by atoms with van der Waals surface area (Å²) in [5, 5.41) is 3.67. The Hall–Kier alpha value is -0.820. The predicted molar refractivity (Wildman–Crippen MR) is 76.7 cm³/mol. The largest absolute Gasteiger partial charge is 0.310 e. The van der Waals surface area contributed by atoms with Crippen LogP contribution >= 0.6 is 0 Å². The second-order valence-electron chi connectivity index (χ2n) is 6.21. The summed E-state index contributed by atoms with van der Waals surface area (Å²) in [5.41, 5.74) is 3.05. The Kier molecular flexibility index (Phi) is 3.43. The average Bonchev–Trinajstić information content (AvgIpc) is 3.02. The molecule has 0 amide bonds. The first-order valence-corrected chi connectivity index (χ1v) is 7.63. The monoisotopic (exact) mass is 243 g/mol. The maximum atomic E-state index is 3.67. The fourth-order valence-corrected chi connectivity index (χ4v) is 3.27. The van der Waals surface area contributed by atoms with Crippen LogP contribution in [0.15, 0.2) is 24.3 Å². The Morgan fingerprint density at radius 3 is 2.33 bits per heavy atom. The van der Waals surface area contributed by atoms with Gasteiger partial charge in [-0.2, -0.15) is 0 Å². The van der Waals surface area contributed by atoms with E-state index in [1.807, 2.05) is 0 Å². The fraction of sp³-hybridized carbons (Fsp3) is 0.647. The summed E-state index contributed by atoms with van der Waals surface area (Å²) in [6.45, 7) is 5.65. The summed E-state index contributed by atoms with van der Waals surface area (Å²) in [6, 6.07) is 10.1. The van der Waals surface area contributed by atoms with Crippen LogP contribution in [0.25, 0.3) is 0 Å². The van der Waals surface area contributed by atoms with Gasteiger partial charge in [0.2, 0.25) is 0 Å². The van der Waals surface area contributed by atoms with Crippen molar-refractivity contribution in [1.29, 1.82) is 0 Å². The highest BCUT2D eigenvalue weighted by molar-refractivity contribution is 5.29. The number of hydrogen-bond acceptors (Lipinski definition) is 1. The highest BCUT2D eigenvalue weighted by atomic mass is 14.9. The molecule has 1 nitrogen and oxygen atoms in total. The molecule has 1 aromatic carbocycles. The van der Waals surface area contributed by atoms with Gasteiger partial charge in [0.1, 0.15) is 0 Å². The van der Waals surface area contributed by atoms with E-state index in [0.29, 0.717) is 6.04 Å². The van der Waals surface area contributed by atoms with Crippen LogP contribution in [0.3, 0.4) is 0 Å². The summed E-state index contributed by atoms with van der Waals surface area (Å²) in [5.74, 6) is 2.62. The van der Waals surface area contributed by atoms with E-state index >= 15 is 0 Å². The minimum Gasteiger partial charge on any atom is -0.310 e. The third-order valence-corrected chi connectivity index (χ3v) is 4.90. The van der Waals surface area contributed by atoms with Gasteiger partial charge in [-0.15, -0.1) is 0 Å². The number of benzene rings is 1. The van der Waals surface area contributed by atoms with E-state index < -0.39 is 0 Å². The van der Waals surface area contributed by atoms with Crippen molar-refractivity contribution in [1.82, 2.24) is 5.32 Å². The van der Waals surface area contributed by atoms with Gasteiger partial charge in [-0.3, -0.25) is 0 Å². The molecule has 0 bridgehead atoms. The summed E-state index contributed by atoms with van der Waals surface area (Å²) < 4.78 is 0. The lowest BCUT2D eigenvalue weighted by molar-refractivity contribution is 0.419. The molecule has 3 atom stereocenters. The van der Waals surface area contributed by atoms with E-state index in [0.717, 1.165) is 24.3 Å². The molecular formula is C17H25N. The highest BCUT2D eigenvalue weighted by Crippen LogP contribution is 2.47. The molecule has 0 saturated heterocycles. The molecule has 0 heterocycles. The van der Waals surface area contributed by atoms with Gasteiger partial charge in [-0.25, -0.2) is 0 Å². The average molecular weight is 243 g/mol. The zero-order valence-electron chi connectivity index (χ0n) is 11.7. The van der Waals surface area contributed by atoms with Crippen LogP contribution in [-0.2, 0) is 0 Å². The Bertz CT molecular complexity index is 391. The molecule has 0 aliphatic heterocycles. The molecule has 0 radical (unpaired) electrons. The maximum absolute atomic E-state index is 3.67. The van der Waals surface area contributed by atoms with Crippen molar-refractivity contribution < 1.29 is 0 Å². The van der Waals surface area contributed by atoms with Gasteiger partial charge in [-0.05, 0) is 54.7 Å². The van der Waals surface area contributed by atoms with Gasteiger partial charge in [0.15, 0.2) is 0 Å². The van der Waals surface area contributed by atoms with E-state index in [2.05, 4.69) is 43.4 Å². The molecule has 3 rings (SSSR count). The van der Waals surface area contributed by atoms with Crippen LogP contribution in [0.5, 0.6) is 0 Å². The lowest BCUT2D eigenvalue weighted by Gasteiger charge is -2.26. The molecule has 1 N–H and O–H groups in total. The van der Waals surface area contributed by atoms with Crippen molar-refractivity contribution in [2.24, 2.45) is 11.8 Å². The third-order valence-electron chi connectivity index (χ3n) is 4.90. The van der Waals surface area contributed by atoms with Crippen LogP contribution in [0.2, 0.25) is 0 Å². The highest BCUT2D eigenvalue weighted by Gasteiger charge is 2.39. The lowest BCUT2D eigenvalue weighted by atomic mass is 9.79. The first-order chi connectivity index (χ1) is 8.79. The molecular weight excluding hydrogens is 218 g/mol. The van der Waals surface area contributed by atoms with Gasteiger partial charge >= 0.3 is 0 Å². The number of hydrogen-bond donors (Lipinski definition) is 1. The van der Waals surface area contributed by atoms with Crippen LogP contribution in [0, 0.1) is 11.8 Å². The van der Waals surface area contributed by atoms with Crippen LogP contribution in [-0.4, -0.2) is 6.54 Å². The van der Waals surface area contributed by atoms with Gasteiger partial charge in [0.05, 0.1) is 0 Å². The van der Waals surface area contributed by atoms with Crippen molar-refractivity contribution in [3.8, 4) is 0 Å². The molecule has 2 aliphatic rings. The molecule has 1 aromatic rings. The SMILES string of the molecule is CCNC(c1ccc(C2CCC2)cc1)C1CC1C. The van der Waals surface area contributed by atoms with Crippen LogP contribution in [0.4, 0.5) is 0 Å². The van der Waals surface area contributed by atoms with E-state index in [4.69, 9.17) is 0 Å². The molecule has 1 heteroatoms. The second-order valence-corrected chi connectivity index (χ2v) is 6.21. The second kappa shape index (κ2) is 5.05. The molecule has 3 unspecified atom stereocenters. The summed E-state index contributed by atoms with van der Waals surface area (Å²) in [6.07, 6.45) is 5.61. The van der Waals surface area contributed by atoms with Gasteiger partial charge in [-0.1, -0.05) is 44.5 Å². The predicted octanol–water partition coefficient (Wildman–Crippen LogP) is 4.26. The maximum Gasteiger partial charge on any atom is 0.0351 e. The number of nitrogens with one attached hydrogen (secondary N) is 1. The topological polar surface area (TPSA) is 12.0 Å². The zero-order valence-corrected chi connectivity index (χ0v) is 11.7. The third kappa shape index (κ3) is 2.33. The minimum absolute atomic E-state index is 0.584.